The van der Waals surface area contributed by atoms with Gasteiger partial charge in [-0.15, -0.1) is 0 Å². The predicted molar refractivity (Wildman–Crippen MR) is 269 cm³/mol. The fraction of sp³-hybridized carbons (Fsp3) is 0. The molecule has 0 N–H and O–H groups in total. The SMILES string of the molecule is O=[CH][Ru]([PH](c1ccccc1)(c1ccccc1)c1ccccc1)([PH](c1ccccc1)(c1ccccc1)c1ccccc1)[PH](c1ccccc1)(c1ccccc1)c1ccccc1.[H+].[H+]. The minimum Gasteiger partial charge on any atom is 1.00 e. The van der Waals surface area contributed by atoms with Crippen LogP contribution < -0.4 is 47.7 Å². The van der Waals surface area contributed by atoms with Crippen LogP contribution in [0.2, 0.25) is 0 Å². The van der Waals surface area contributed by atoms with E-state index in [0.717, 1.165) is 0 Å². The van der Waals surface area contributed by atoms with Crippen molar-refractivity contribution in [1.29, 1.82) is 0 Å². The Labute approximate surface area is 361 Å². The normalized spacial score (nSPS) is 14.2. The van der Waals surface area contributed by atoms with Crippen LogP contribution in [0, 0.1) is 0 Å². The van der Waals surface area contributed by atoms with Gasteiger partial charge in [0, 0.05) is 0 Å². The molecule has 0 spiro atoms. The monoisotopic (exact) mass is 922 g/mol. The summed E-state index contributed by atoms with van der Waals surface area (Å²) >= 11 is -4.69. The standard InChI is InChI=1S/3C18H15P.CHO.Ru/c3*1-4-10-16(11-5-1)19(17-12-6-2-7-13-17)18-14-8-3-9-15-18;1-2;/h3*1-15H;1H;/q;;;;-3/p+5. The number of carbonyl (C=O) groups is 1. The maximum Gasteiger partial charge on any atom is 1.00 e. The summed E-state index contributed by atoms with van der Waals surface area (Å²) in [5.74, 6) is 0. The first-order chi connectivity index (χ1) is 29.8. The molecule has 5 heteroatoms. The molecule has 0 aliphatic heterocycles. The third kappa shape index (κ3) is 6.16. The maximum absolute atomic E-state index is 17.1. The molecule has 60 heavy (non-hydrogen) atoms. The molecule has 0 heterocycles. The summed E-state index contributed by atoms with van der Waals surface area (Å²) in [6.45, 7) is 0. The van der Waals surface area contributed by atoms with Gasteiger partial charge in [0.1, 0.15) is 0 Å². The van der Waals surface area contributed by atoms with Crippen LogP contribution in [0.5, 0.6) is 0 Å². The second kappa shape index (κ2) is 17.7. The van der Waals surface area contributed by atoms with Crippen LogP contribution in [0.25, 0.3) is 0 Å². The molecular weight excluding hydrogens is 871 g/mol. The van der Waals surface area contributed by atoms with Crippen molar-refractivity contribution < 1.29 is 21.0 Å². The average molecular weight is 922 g/mol. The molecular formula is C55H51OP3Ru+2. The topological polar surface area (TPSA) is 17.1 Å². The summed E-state index contributed by atoms with van der Waals surface area (Å²) < 4.78 is 0. The molecule has 1 nitrogen and oxygen atoms in total. The zero-order valence-electron chi connectivity index (χ0n) is 35.3. The van der Waals surface area contributed by atoms with Crippen molar-refractivity contribution in [2.45, 2.75) is 0 Å². The van der Waals surface area contributed by atoms with E-state index in [1.54, 1.807) is 4.88 Å². The van der Waals surface area contributed by atoms with Gasteiger partial charge in [0.25, 0.3) is 0 Å². The molecule has 0 amide bonds. The van der Waals surface area contributed by atoms with Gasteiger partial charge in [0.2, 0.25) is 0 Å². The molecule has 0 saturated carbocycles. The molecule has 9 rings (SSSR count). The molecule has 298 valence electrons. The van der Waals surface area contributed by atoms with Crippen LogP contribution in [0.15, 0.2) is 273 Å². The minimum atomic E-state index is -4.69. The van der Waals surface area contributed by atoms with Gasteiger partial charge in [-0.2, -0.15) is 0 Å². The Balaban J connectivity index is 0.00000289. The largest absolute Gasteiger partial charge is 1.00 e. The first kappa shape index (κ1) is 40.0. The number of hydrogen-bond donors (Lipinski definition) is 0. The third-order valence-electron chi connectivity index (χ3n) is 11.9. The van der Waals surface area contributed by atoms with E-state index in [2.05, 4.69) is 273 Å². The van der Waals surface area contributed by atoms with E-state index in [4.69, 9.17) is 0 Å². The van der Waals surface area contributed by atoms with Gasteiger partial charge in [-0.1, -0.05) is 0 Å². The molecule has 0 aromatic heterocycles. The molecule has 0 saturated heterocycles. The molecule has 0 bridgehead atoms. The van der Waals surface area contributed by atoms with Gasteiger partial charge < -0.3 is 0 Å². The van der Waals surface area contributed by atoms with Crippen LogP contribution in [0.4, 0.5) is 0 Å². The summed E-state index contributed by atoms with van der Waals surface area (Å²) in [5.41, 5.74) is -10.9. The number of carbonyl (C=O) groups excluding carboxylic acids is 1. The van der Waals surface area contributed by atoms with Crippen molar-refractivity contribution in [3.8, 4) is 0 Å². The minimum absolute atomic E-state index is 0. The second-order valence-electron chi connectivity index (χ2n) is 14.9. The number of benzene rings is 9. The Morgan fingerprint density at radius 1 is 0.233 bits per heavy atom. The summed E-state index contributed by atoms with van der Waals surface area (Å²) in [6.07, 6.45) is 0. The van der Waals surface area contributed by atoms with E-state index in [1.807, 2.05) is 0 Å². The second-order valence-corrected chi connectivity index (χ2v) is 55.0. The Bertz CT molecular complexity index is 2160. The fourth-order valence-corrected chi connectivity index (χ4v) is 118. The van der Waals surface area contributed by atoms with E-state index in [1.165, 1.54) is 47.7 Å². The van der Waals surface area contributed by atoms with Crippen LogP contribution in [0.3, 0.4) is 0 Å². The average Bonchev–Trinajstić information content (AvgIpc) is 3.35. The molecule has 0 aliphatic carbocycles. The zero-order chi connectivity index (χ0) is 40.7. The van der Waals surface area contributed by atoms with Crippen LogP contribution in [-0.2, 0) is 18.1 Å². The molecule has 0 aliphatic rings. The molecule has 0 fully saturated rings. The third-order valence-corrected chi connectivity index (χ3v) is 86.8. The van der Waals surface area contributed by atoms with Crippen molar-refractivity contribution in [1.82, 2.24) is 0 Å². The van der Waals surface area contributed by atoms with E-state index >= 15 is 4.79 Å². The quantitative estimate of drug-likeness (QED) is 0.0641. The summed E-state index contributed by atoms with van der Waals surface area (Å²) in [6, 6.07) is 102. The summed E-state index contributed by atoms with van der Waals surface area (Å²) in [4.78, 5) is 18.8. The van der Waals surface area contributed by atoms with E-state index in [-0.39, 0.29) is 2.85 Å². The van der Waals surface area contributed by atoms with E-state index in [9.17, 15) is 0 Å². The molecule has 0 atom stereocenters. The predicted octanol–water partition coefficient (Wildman–Crippen LogP) is 9.48. The fourth-order valence-electron chi connectivity index (χ4n) is 9.71. The van der Waals surface area contributed by atoms with Gasteiger partial charge in [0.05, 0.1) is 0 Å². The molecule has 0 unspecified atom stereocenters. The first-order valence-electron chi connectivity index (χ1n) is 20.4. The Kier molecular flexibility index (Phi) is 11.8. The van der Waals surface area contributed by atoms with Gasteiger partial charge in [-0.25, -0.2) is 0 Å². The van der Waals surface area contributed by atoms with Crippen molar-refractivity contribution in [3.63, 3.8) is 0 Å². The molecule has 0 radical (unpaired) electrons. The van der Waals surface area contributed by atoms with E-state index in [0.29, 0.717) is 0 Å². The zero-order valence-corrected chi connectivity index (χ0v) is 38.1. The van der Waals surface area contributed by atoms with Crippen molar-refractivity contribution in [3.05, 3.63) is 273 Å². The number of rotatable bonds is 13. The van der Waals surface area contributed by atoms with Crippen LogP contribution in [0.1, 0.15) is 2.85 Å². The molecule has 9 aromatic carbocycles. The Morgan fingerprint density at radius 2 is 0.350 bits per heavy atom. The summed E-state index contributed by atoms with van der Waals surface area (Å²) in [7, 11) is 0. The van der Waals surface area contributed by atoms with Gasteiger partial charge in [-0.3, -0.25) is 0 Å². The van der Waals surface area contributed by atoms with E-state index < -0.39 is 30.1 Å². The van der Waals surface area contributed by atoms with Crippen molar-refractivity contribution in [2.24, 2.45) is 0 Å². The Hall–Kier alpha value is -5.44. The van der Waals surface area contributed by atoms with Gasteiger partial charge in [0.15, 0.2) is 0 Å². The Morgan fingerprint density at radius 3 is 0.450 bits per heavy atom. The number of hydrogen-bond acceptors (Lipinski definition) is 1. The maximum atomic E-state index is 17.1. The smallest absolute Gasteiger partial charge is 1.00 e. The van der Waals surface area contributed by atoms with Gasteiger partial charge in [-0.05, 0) is 0 Å². The van der Waals surface area contributed by atoms with Crippen LogP contribution >= 0.6 is 16.8 Å². The molecule has 9 aromatic rings. The first-order valence-corrected chi connectivity index (χ1v) is 34.8. The van der Waals surface area contributed by atoms with Crippen molar-refractivity contribution >= 4 is 69.4 Å². The van der Waals surface area contributed by atoms with Gasteiger partial charge >= 0.3 is 363 Å². The van der Waals surface area contributed by atoms with Crippen molar-refractivity contribution in [2.75, 3.05) is 0 Å². The summed E-state index contributed by atoms with van der Waals surface area (Å²) in [5, 5.41) is 11.5. The van der Waals surface area contributed by atoms with Crippen LogP contribution in [-0.4, -0.2) is 4.88 Å².